The number of esters is 1. The SMILES string of the molecule is COc1c(C(=O)OCc2ccccc2)nc(-c2ccc(CI)c(OC)c2F)c(F)c1N. The largest absolute Gasteiger partial charge is 0.493 e. The minimum atomic E-state index is -1.01. The molecule has 0 amide bonds. The highest BCUT2D eigenvalue weighted by molar-refractivity contribution is 14.1. The van der Waals surface area contributed by atoms with Crippen LogP contribution in [0.5, 0.6) is 11.5 Å². The fourth-order valence-corrected chi connectivity index (χ4v) is 3.59. The fourth-order valence-electron chi connectivity index (χ4n) is 2.99. The zero-order valence-corrected chi connectivity index (χ0v) is 18.9. The van der Waals surface area contributed by atoms with E-state index in [2.05, 4.69) is 27.6 Å². The summed E-state index contributed by atoms with van der Waals surface area (Å²) in [5.41, 5.74) is 5.71. The number of carbonyl (C=O) groups is 1. The molecular formula is C22H19F2IN2O4. The summed E-state index contributed by atoms with van der Waals surface area (Å²) in [6.07, 6.45) is 0. The van der Waals surface area contributed by atoms with E-state index in [1.807, 2.05) is 6.07 Å². The number of pyridine rings is 1. The van der Waals surface area contributed by atoms with Gasteiger partial charge in [-0.15, -0.1) is 0 Å². The Balaban J connectivity index is 2.07. The van der Waals surface area contributed by atoms with E-state index in [9.17, 15) is 9.18 Å². The molecule has 0 aliphatic heterocycles. The number of hydrogen-bond donors (Lipinski definition) is 1. The van der Waals surface area contributed by atoms with Gasteiger partial charge in [-0.1, -0.05) is 59.0 Å². The number of alkyl halides is 1. The summed E-state index contributed by atoms with van der Waals surface area (Å²) >= 11 is 2.06. The second kappa shape index (κ2) is 9.90. The monoisotopic (exact) mass is 540 g/mol. The Morgan fingerprint density at radius 2 is 1.71 bits per heavy atom. The topological polar surface area (TPSA) is 83.7 Å². The average Bonchev–Trinajstić information content (AvgIpc) is 2.79. The van der Waals surface area contributed by atoms with Crippen LogP contribution < -0.4 is 15.2 Å². The minimum Gasteiger partial charge on any atom is -0.493 e. The third kappa shape index (κ3) is 4.55. The highest BCUT2D eigenvalue weighted by atomic mass is 127. The van der Waals surface area contributed by atoms with Gasteiger partial charge in [0.1, 0.15) is 18.0 Å². The fraction of sp³-hybridized carbons (Fsp3) is 0.182. The quantitative estimate of drug-likeness (QED) is 0.260. The molecule has 9 heteroatoms. The number of methoxy groups -OCH3 is 2. The van der Waals surface area contributed by atoms with Crippen molar-refractivity contribution in [3.63, 3.8) is 0 Å². The molecule has 0 radical (unpaired) electrons. The van der Waals surface area contributed by atoms with Crippen molar-refractivity contribution in [1.82, 2.24) is 4.98 Å². The van der Waals surface area contributed by atoms with Crippen molar-refractivity contribution in [1.29, 1.82) is 0 Å². The molecule has 1 aromatic heterocycles. The molecule has 162 valence electrons. The summed E-state index contributed by atoms with van der Waals surface area (Å²) in [4.78, 5) is 16.7. The maximum absolute atomic E-state index is 15.1. The normalized spacial score (nSPS) is 10.6. The van der Waals surface area contributed by atoms with Crippen LogP contribution in [0.1, 0.15) is 21.6 Å². The lowest BCUT2D eigenvalue weighted by molar-refractivity contribution is 0.0462. The number of nitrogens with zero attached hydrogens (tertiary/aromatic N) is 1. The summed E-state index contributed by atoms with van der Waals surface area (Å²) in [7, 11) is 2.54. The van der Waals surface area contributed by atoms with E-state index in [0.717, 1.165) is 5.56 Å². The van der Waals surface area contributed by atoms with E-state index < -0.39 is 29.0 Å². The van der Waals surface area contributed by atoms with E-state index in [1.165, 1.54) is 20.3 Å². The molecule has 0 saturated carbocycles. The Morgan fingerprint density at radius 1 is 1.03 bits per heavy atom. The lowest BCUT2D eigenvalue weighted by atomic mass is 10.0. The molecule has 0 fully saturated rings. The predicted molar refractivity (Wildman–Crippen MR) is 120 cm³/mol. The van der Waals surface area contributed by atoms with Crippen LogP contribution in [0.2, 0.25) is 0 Å². The van der Waals surface area contributed by atoms with Gasteiger partial charge < -0.3 is 19.9 Å². The number of halogens is 3. The maximum atomic E-state index is 15.1. The molecule has 1 heterocycles. The minimum absolute atomic E-state index is 0.0318. The number of nitrogen functional groups attached to an aromatic ring is 1. The van der Waals surface area contributed by atoms with E-state index >= 15 is 4.39 Å². The van der Waals surface area contributed by atoms with Gasteiger partial charge in [0, 0.05) is 15.6 Å². The van der Waals surface area contributed by atoms with Crippen LogP contribution in [-0.4, -0.2) is 25.2 Å². The Bertz CT molecular complexity index is 1110. The number of carbonyl (C=O) groups excluding carboxylic acids is 1. The number of aromatic nitrogens is 1. The number of ether oxygens (including phenoxy) is 3. The Kier molecular flexibility index (Phi) is 7.26. The van der Waals surface area contributed by atoms with Gasteiger partial charge in [0.05, 0.1) is 14.2 Å². The first kappa shape index (κ1) is 22.7. The van der Waals surface area contributed by atoms with E-state index in [-0.39, 0.29) is 29.4 Å². The zero-order valence-electron chi connectivity index (χ0n) is 16.7. The highest BCUT2D eigenvalue weighted by Crippen LogP contribution is 2.38. The van der Waals surface area contributed by atoms with Gasteiger partial charge in [-0.2, -0.15) is 0 Å². The first-order valence-corrected chi connectivity index (χ1v) is 10.6. The lowest BCUT2D eigenvalue weighted by Crippen LogP contribution is -2.14. The van der Waals surface area contributed by atoms with Gasteiger partial charge in [0.25, 0.3) is 0 Å². The number of anilines is 1. The molecular weight excluding hydrogens is 521 g/mol. The molecule has 31 heavy (non-hydrogen) atoms. The van der Waals surface area contributed by atoms with Crippen LogP contribution in [0.15, 0.2) is 42.5 Å². The van der Waals surface area contributed by atoms with E-state index in [0.29, 0.717) is 9.99 Å². The lowest BCUT2D eigenvalue weighted by Gasteiger charge is -2.16. The van der Waals surface area contributed by atoms with Gasteiger partial charge in [-0.3, -0.25) is 0 Å². The molecule has 0 aliphatic carbocycles. The maximum Gasteiger partial charge on any atom is 0.361 e. The van der Waals surface area contributed by atoms with Crippen molar-refractivity contribution in [2.45, 2.75) is 11.0 Å². The summed E-state index contributed by atoms with van der Waals surface area (Å²) in [5.74, 6) is -3.02. The summed E-state index contributed by atoms with van der Waals surface area (Å²) in [6, 6.07) is 11.9. The molecule has 3 aromatic rings. The molecule has 0 saturated heterocycles. The second-order valence-corrected chi connectivity index (χ2v) is 7.15. The summed E-state index contributed by atoms with van der Waals surface area (Å²) in [6.45, 7) is -0.0380. The number of hydrogen-bond acceptors (Lipinski definition) is 6. The standard InChI is InChI=1S/C22H19F2IN2O4/c1-29-20-13(10-25)8-9-14(15(20)23)18-16(24)17(26)21(30-2)19(27-18)22(28)31-11-12-6-4-3-5-7-12/h3-9H,10-11H2,1-2H3,(H2,26,27). The predicted octanol–water partition coefficient (Wildman–Crippen LogP) is 4.92. The summed E-state index contributed by atoms with van der Waals surface area (Å²) in [5, 5.41) is 0. The van der Waals surface area contributed by atoms with Gasteiger partial charge in [0.15, 0.2) is 28.8 Å². The van der Waals surface area contributed by atoms with Crippen LogP contribution in [0, 0.1) is 11.6 Å². The van der Waals surface area contributed by atoms with E-state index in [4.69, 9.17) is 19.9 Å². The smallest absolute Gasteiger partial charge is 0.361 e. The van der Waals surface area contributed by atoms with Crippen LogP contribution in [-0.2, 0) is 15.8 Å². The van der Waals surface area contributed by atoms with Crippen molar-refractivity contribution in [3.8, 4) is 22.8 Å². The summed E-state index contributed by atoms with van der Waals surface area (Å²) < 4.78 is 46.1. The van der Waals surface area contributed by atoms with Gasteiger partial charge in [-0.25, -0.2) is 18.6 Å². The van der Waals surface area contributed by atoms with Crippen LogP contribution in [0.25, 0.3) is 11.3 Å². The molecule has 0 unspecified atom stereocenters. The Hall–Kier alpha value is -2.95. The van der Waals surface area contributed by atoms with Gasteiger partial charge in [-0.05, 0) is 11.6 Å². The molecule has 6 nitrogen and oxygen atoms in total. The van der Waals surface area contributed by atoms with Crippen LogP contribution >= 0.6 is 22.6 Å². The van der Waals surface area contributed by atoms with Crippen LogP contribution in [0.4, 0.5) is 14.5 Å². The van der Waals surface area contributed by atoms with Gasteiger partial charge >= 0.3 is 5.97 Å². The first-order chi connectivity index (χ1) is 14.9. The number of nitrogens with two attached hydrogens (primary N) is 1. The number of benzene rings is 2. The molecule has 3 rings (SSSR count). The number of rotatable bonds is 7. The molecule has 0 bridgehead atoms. The Labute approximate surface area is 191 Å². The highest BCUT2D eigenvalue weighted by Gasteiger charge is 2.27. The van der Waals surface area contributed by atoms with Crippen LogP contribution in [0.3, 0.4) is 0 Å². The second-order valence-electron chi connectivity index (χ2n) is 6.38. The van der Waals surface area contributed by atoms with Crippen molar-refractivity contribution >= 4 is 34.2 Å². The first-order valence-electron chi connectivity index (χ1n) is 9.08. The van der Waals surface area contributed by atoms with Crippen molar-refractivity contribution < 1.29 is 27.8 Å². The molecule has 2 aromatic carbocycles. The third-order valence-electron chi connectivity index (χ3n) is 4.52. The molecule has 0 atom stereocenters. The molecule has 0 spiro atoms. The Morgan fingerprint density at radius 3 is 2.32 bits per heavy atom. The zero-order chi connectivity index (χ0) is 22.5. The third-order valence-corrected chi connectivity index (χ3v) is 5.34. The van der Waals surface area contributed by atoms with Crippen molar-refractivity contribution in [2.75, 3.05) is 20.0 Å². The van der Waals surface area contributed by atoms with E-state index in [1.54, 1.807) is 30.3 Å². The average molecular weight is 540 g/mol. The van der Waals surface area contributed by atoms with Crippen molar-refractivity contribution in [2.24, 2.45) is 0 Å². The molecule has 2 N–H and O–H groups in total. The molecule has 0 aliphatic rings. The van der Waals surface area contributed by atoms with Crippen molar-refractivity contribution in [3.05, 3.63) is 70.9 Å². The van der Waals surface area contributed by atoms with Gasteiger partial charge in [0.2, 0.25) is 0 Å².